The molecule has 23 heavy (non-hydrogen) atoms. The van der Waals surface area contributed by atoms with Gasteiger partial charge in [0.15, 0.2) is 5.13 Å². The van der Waals surface area contributed by atoms with Crippen LogP contribution in [0, 0.1) is 0 Å². The minimum Gasteiger partial charge on any atom is -0.317 e. The Morgan fingerprint density at radius 2 is 2.26 bits per heavy atom. The summed E-state index contributed by atoms with van der Waals surface area (Å²) in [4.78, 5) is 20.6. The second-order valence-electron chi connectivity index (χ2n) is 5.58. The molecule has 118 valence electrons. The molecule has 1 aromatic carbocycles. The van der Waals surface area contributed by atoms with Gasteiger partial charge in [0.2, 0.25) is 0 Å². The number of hydrogen-bond acceptors (Lipinski definition) is 4. The van der Waals surface area contributed by atoms with E-state index in [0.29, 0.717) is 5.13 Å². The summed E-state index contributed by atoms with van der Waals surface area (Å²) in [5.41, 5.74) is 2.24. The number of benzene rings is 1. The van der Waals surface area contributed by atoms with Crippen LogP contribution in [-0.2, 0) is 6.42 Å². The lowest BCUT2D eigenvalue weighted by molar-refractivity contribution is 0.181. The van der Waals surface area contributed by atoms with Crippen LogP contribution < -0.4 is 5.32 Å². The molecule has 2 amide bonds. The number of aromatic nitrogens is 1. The number of nitrogens with one attached hydrogen (secondary N) is 1. The number of hydrogen-bond donors (Lipinski definition) is 1. The molecule has 4 nitrogen and oxygen atoms in total. The number of nitrogens with zero attached hydrogens (tertiary/aromatic N) is 2. The molecule has 4 rings (SSSR count). The van der Waals surface area contributed by atoms with Crippen molar-refractivity contribution < 1.29 is 4.79 Å². The van der Waals surface area contributed by atoms with E-state index in [4.69, 9.17) is 0 Å². The SMILES string of the molecule is CCC1c2ccsc2CCN1C(=O)Nc1nc2ccccc2s1. The van der Waals surface area contributed by atoms with Crippen LogP contribution in [0.2, 0.25) is 0 Å². The van der Waals surface area contributed by atoms with Gasteiger partial charge in [0.25, 0.3) is 0 Å². The molecule has 0 radical (unpaired) electrons. The highest BCUT2D eigenvalue weighted by atomic mass is 32.1. The number of urea groups is 1. The zero-order chi connectivity index (χ0) is 15.8. The van der Waals surface area contributed by atoms with Gasteiger partial charge < -0.3 is 4.90 Å². The molecule has 3 aromatic rings. The first kappa shape index (κ1) is 14.7. The smallest absolute Gasteiger partial charge is 0.317 e. The number of rotatable bonds is 2. The molecule has 0 aliphatic carbocycles. The van der Waals surface area contributed by atoms with Crippen molar-refractivity contribution in [3.63, 3.8) is 0 Å². The van der Waals surface area contributed by atoms with Crippen molar-refractivity contribution in [2.75, 3.05) is 11.9 Å². The Balaban J connectivity index is 1.57. The van der Waals surface area contributed by atoms with Crippen LogP contribution in [0.15, 0.2) is 35.7 Å². The molecule has 1 N–H and O–H groups in total. The number of thiophene rings is 1. The summed E-state index contributed by atoms with van der Waals surface area (Å²) in [6.07, 6.45) is 1.87. The van der Waals surface area contributed by atoms with Crippen molar-refractivity contribution >= 4 is 44.1 Å². The molecule has 0 saturated carbocycles. The first-order valence-corrected chi connectivity index (χ1v) is 9.45. The normalized spacial score (nSPS) is 17.3. The topological polar surface area (TPSA) is 45.2 Å². The van der Waals surface area contributed by atoms with E-state index < -0.39 is 0 Å². The number of fused-ring (bicyclic) bond motifs is 2. The number of carbonyl (C=O) groups is 1. The summed E-state index contributed by atoms with van der Waals surface area (Å²) in [5.74, 6) is 0. The van der Waals surface area contributed by atoms with Gasteiger partial charge in [-0.2, -0.15) is 0 Å². The first-order valence-electron chi connectivity index (χ1n) is 7.75. The van der Waals surface area contributed by atoms with E-state index in [1.54, 1.807) is 11.3 Å². The second kappa shape index (κ2) is 5.94. The Morgan fingerprint density at radius 3 is 3.09 bits per heavy atom. The fraction of sp³-hybridized carbons (Fsp3) is 0.294. The van der Waals surface area contributed by atoms with Gasteiger partial charge in [-0.1, -0.05) is 30.4 Å². The summed E-state index contributed by atoms with van der Waals surface area (Å²) >= 11 is 3.31. The molecule has 0 spiro atoms. The lowest BCUT2D eigenvalue weighted by atomic mass is 9.98. The van der Waals surface area contributed by atoms with Crippen LogP contribution in [0.3, 0.4) is 0 Å². The molecule has 1 aliphatic heterocycles. The number of amides is 2. The van der Waals surface area contributed by atoms with E-state index >= 15 is 0 Å². The van der Waals surface area contributed by atoms with E-state index in [0.717, 1.165) is 29.6 Å². The van der Waals surface area contributed by atoms with Gasteiger partial charge in [0, 0.05) is 11.4 Å². The fourth-order valence-corrected chi connectivity index (χ4v) is 4.95. The summed E-state index contributed by atoms with van der Waals surface area (Å²) in [5, 5.41) is 5.78. The Morgan fingerprint density at radius 1 is 1.39 bits per heavy atom. The van der Waals surface area contributed by atoms with Gasteiger partial charge in [-0.3, -0.25) is 5.32 Å². The van der Waals surface area contributed by atoms with Crippen LogP contribution in [-0.4, -0.2) is 22.5 Å². The Hall–Kier alpha value is -1.92. The summed E-state index contributed by atoms with van der Waals surface area (Å²) in [6.45, 7) is 2.90. The van der Waals surface area contributed by atoms with Crippen LogP contribution in [0.4, 0.5) is 9.93 Å². The third-order valence-electron chi connectivity index (χ3n) is 4.25. The van der Waals surface area contributed by atoms with Crippen LogP contribution in [0.1, 0.15) is 29.8 Å². The maximum atomic E-state index is 12.7. The molecule has 6 heteroatoms. The molecule has 1 aliphatic rings. The summed E-state index contributed by atoms with van der Waals surface area (Å²) < 4.78 is 1.09. The van der Waals surface area contributed by atoms with Gasteiger partial charge in [-0.25, -0.2) is 9.78 Å². The molecule has 0 fully saturated rings. The minimum atomic E-state index is -0.0484. The fourth-order valence-electron chi connectivity index (χ4n) is 3.17. The lowest BCUT2D eigenvalue weighted by Crippen LogP contribution is -2.41. The predicted octanol–water partition coefficient (Wildman–Crippen LogP) is 4.90. The van der Waals surface area contributed by atoms with E-state index in [-0.39, 0.29) is 12.1 Å². The third-order valence-corrected chi connectivity index (χ3v) is 6.20. The lowest BCUT2D eigenvalue weighted by Gasteiger charge is -2.35. The number of thiazole rings is 1. The van der Waals surface area contributed by atoms with Crippen molar-refractivity contribution in [3.05, 3.63) is 46.2 Å². The van der Waals surface area contributed by atoms with E-state index in [1.165, 1.54) is 21.8 Å². The molecule has 0 bridgehead atoms. The minimum absolute atomic E-state index is 0.0484. The van der Waals surface area contributed by atoms with E-state index in [1.807, 2.05) is 29.2 Å². The average Bonchev–Trinajstić information content (AvgIpc) is 3.19. The number of para-hydroxylation sites is 1. The average molecular weight is 343 g/mol. The summed E-state index contributed by atoms with van der Waals surface area (Å²) in [7, 11) is 0. The Bertz CT molecular complexity index is 821. The molecular formula is C17H17N3OS2. The quantitative estimate of drug-likeness (QED) is 0.719. The van der Waals surface area contributed by atoms with E-state index in [2.05, 4.69) is 28.7 Å². The number of anilines is 1. The molecule has 2 aromatic heterocycles. The molecule has 1 unspecified atom stereocenters. The van der Waals surface area contributed by atoms with Gasteiger partial charge in [0.1, 0.15) is 0 Å². The predicted molar refractivity (Wildman–Crippen MR) is 96.4 cm³/mol. The summed E-state index contributed by atoms with van der Waals surface area (Å²) in [6, 6.07) is 10.2. The zero-order valence-electron chi connectivity index (χ0n) is 12.8. The first-order chi connectivity index (χ1) is 11.3. The molecular weight excluding hydrogens is 326 g/mol. The monoisotopic (exact) mass is 343 g/mol. The van der Waals surface area contributed by atoms with Gasteiger partial charge in [0.05, 0.1) is 16.3 Å². The third kappa shape index (κ3) is 2.62. The highest BCUT2D eigenvalue weighted by Gasteiger charge is 2.30. The van der Waals surface area contributed by atoms with Crippen molar-refractivity contribution in [1.29, 1.82) is 0 Å². The highest BCUT2D eigenvalue weighted by Crippen LogP contribution is 2.35. The molecule has 1 atom stereocenters. The number of carbonyl (C=O) groups excluding carboxylic acids is 1. The van der Waals surface area contributed by atoms with Crippen molar-refractivity contribution in [3.8, 4) is 0 Å². The second-order valence-corrected chi connectivity index (χ2v) is 7.61. The molecule has 0 saturated heterocycles. The van der Waals surface area contributed by atoms with Crippen molar-refractivity contribution in [2.24, 2.45) is 0 Å². The van der Waals surface area contributed by atoms with Crippen LogP contribution >= 0.6 is 22.7 Å². The van der Waals surface area contributed by atoms with Gasteiger partial charge in [-0.05, 0) is 42.0 Å². The molecule has 3 heterocycles. The highest BCUT2D eigenvalue weighted by molar-refractivity contribution is 7.22. The maximum Gasteiger partial charge on any atom is 0.324 e. The van der Waals surface area contributed by atoms with Gasteiger partial charge >= 0.3 is 6.03 Å². The standard InChI is InChI=1S/C17H17N3OS2/c1-2-13-11-8-10-22-14(11)7-9-20(13)17(21)19-16-18-12-5-3-4-6-15(12)23-16/h3-6,8,10,13H,2,7,9H2,1H3,(H,18,19,21). The Labute approximate surface area is 142 Å². The largest absolute Gasteiger partial charge is 0.324 e. The van der Waals surface area contributed by atoms with Gasteiger partial charge in [-0.15, -0.1) is 11.3 Å². The Kier molecular flexibility index (Phi) is 3.79. The van der Waals surface area contributed by atoms with E-state index in [9.17, 15) is 4.79 Å². The van der Waals surface area contributed by atoms with Crippen LogP contribution in [0.5, 0.6) is 0 Å². The van der Waals surface area contributed by atoms with Crippen LogP contribution in [0.25, 0.3) is 10.2 Å². The van der Waals surface area contributed by atoms with Crippen molar-refractivity contribution in [2.45, 2.75) is 25.8 Å². The zero-order valence-corrected chi connectivity index (χ0v) is 14.4. The van der Waals surface area contributed by atoms with Crippen molar-refractivity contribution in [1.82, 2.24) is 9.88 Å². The maximum absolute atomic E-state index is 12.7.